The number of aromatic hydroxyl groups is 1. The maximum Gasteiger partial charge on any atom is 0.153 e. The minimum absolute atomic E-state index is 0. The number of carbonyl (C=O) groups excluding carboxylic acids is 1. The molecule has 1 aromatic rings. The number of carbonyl (C=O) groups is 1. The molecule has 0 radical (unpaired) electrons. The fourth-order valence-corrected chi connectivity index (χ4v) is 0.587. The largest absolute Gasteiger partial charge is 0.507 e. The van der Waals surface area contributed by atoms with Gasteiger partial charge in [0.25, 0.3) is 0 Å². The summed E-state index contributed by atoms with van der Waals surface area (Å²) < 4.78 is 0. The van der Waals surface area contributed by atoms with Gasteiger partial charge < -0.3 is 5.11 Å². The van der Waals surface area contributed by atoms with Gasteiger partial charge in [-0.1, -0.05) is 12.1 Å². The first-order valence-electron chi connectivity index (χ1n) is 2.58. The minimum atomic E-state index is 0. The molecular weight excluding hydrogens is 127 g/mol. The third kappa shape index (κ3) is 1.62. The van der Waals surface area contributed by atoms with E-state index in [1.54, 1.807) is 18.2 Å². The predicted octanol–water partition coefficient (Wildman–Crippen LogP) is 0.0208. The number of phenols is 1. The summed E-state index contributed by atoms with van der Waals surface area (Å²) in [4.78, 5) is 10.1. The molecule has 0 atom stereocenters. The Kier molecular flexibility index (Phi) is 3.26. The average molecular weight is 136 g/mol. The van der Waals surface area contributed by atoms with Crippen molar-refractivity contribution < 1.29 is 9.90 Å². The van der Waals surface area contributed by atoms with Gasteiger partial charge >= 0.3 is 0 Å². The highest BCUT2D eigenvalue weighted by atomic mass is 16.3. The molecule has 0 aromatic heterocycles. The maximum absolute atomic E-state index is 10.1. The molecule has 0 bridgehead atoms. The van der Waals surface area contributed by atoms with E-state index in [1.165, 1.54) is 6.07 Å². The van der Waals surface area contributed by atoms with Crippen LogP contribution < -0.4 is 0 Å². The number of aldehydes is 1. The lowest BCUT2D eigenvalue weighted by Crippen LogP contribution is -1.77. The van der Waals surface area contributed by atoms with Crippen LogP contribution in [0.1, 0.15) is 10.4 Å². The van der Waals surface area contributed by atoms with Crippen molar-refractivity contribution in [2.45, 2.75) is 0 Å². The Morgan fingerprint density at radius 2 is 1.90 bits per heavy atom. The zero-order valence-corrected chi connectivity index (χ0v) is 4.74. The lowest BCUT2D eigenvalue weighted by Gasteiger charge is -1.91. The Morgan fingerprint density at radius 3 is 2.30 bits per heavy atom. The van der Waals surface area contributed by atoms with Gasteiger partial charge in [-0.15, -0.1) is 0 Å². The van der Waals surface area contributed by atoms with Gasteiger partial charge in [-0.05, 0) is 12.1 Å². The van der Waals surface area contributed by atoms with E-state index in [-0.39, 0.29) is 14.2 Å². The molecule has 3 heteroatoms. The average Bonchev–Trinajstić information content (AvgIpc) is 1.89. The summed E-state index contributed by atoms with van der Waals surface area (Å²) in [7, 11) is 0. The van der Waals surface area contributed by atoms with Crippen molar-refractivity contribution in [2.75, 3.05) is 0 Å². The van der Waals surface area contributed by atoms with Crippen molar-refractivity contribution in [3.05, 3.63) is 29.8 Å². The summed E-state index contributed by atoms with van der Waals surface area (Å²) in [6, 6.07) is 6.40. The van der Waals surface area contributed by atoms with Crippen LogP contribution in [0.2, 0.25) is 0 Å². The van der Waals surface area contributed by atoms with Crippen LogP contribution in [0.3, 0.4) is 0 Å². The molecule has 2 nitrogen and oxygen atoms in total. The topological polar surface area (TPSA) is 37.3 Å². The second kappa shape index (κ2) is 3.72. The standard InChI is InChI=1S/C7H6O2.BH3/c8-5-6-3-1-2-4-7(6)9;/h1-5,9H;1H3. The van der Waals surface area contributed by atoms with Crippen LogP contribution >= 0.6 is 0 Å². The van der Waals surface area contributed by atoms with Gasteiger partial charge in [0.1, 0.15) is 5.75 Å². The third-order valence-electron chi connectivity index (χ3n) is 1.06. The second-order valence-corrected chi connectivity index (χ2v) is 1.68. The second-order valence-electron chi connectivity index (χ2n) is 1.68. The van der Waals surface area contributed by atoms with Crippen LogP contribution in [0.25, 0.3) is 0 Å². The maximum atomic E-state index is 10.1. The van der Waals surface area contributed by atoms with Gasteiger partial charge in [-0.3, -0.25) is 4.79 Å². The van der Waals surface area contributed by atoms with E-state index in [0.717, 1.165) is 0 Å². The van der Waals surface area contributed by atoms with Crippen LogP contribution in [0.15, 0.2) is 24.3 Å². The Hall–Kier alpha value is -1.25. The van der Waals surface area contributed by atoms with Crippen molar-refractivity contribution >= 4 is 14.7 Å². The highest BCUT2D eigenvalue weighted by molar-refractivity contribution is 5.78. The Morgan fingerprint density at radius 1 is 1.30 bits per heavy atom. The summed E-state index contributed by atoms with van der Waals surface area (Å²) in [5.41, 5.74) is 0.331. The van der Waals surface area contributed by atoms with E-state index in [0.29, 0.717) is 11.8 Å². The SMILES string of the molecule is B.O=Cc1ccccc1O. The van der Waals surface area contributed by atoms with E-state index >= 15 is 0 Å². The highest BCUT2D eigenvalue weighted by Crippen LogP contribution is 2.11. The van der Waals surface area contributed by atoms with Crippen molar-refractivity contribution in [2.24, 2.45) is 0 Å². The van der Waals surface area contributed by atoms with Crippen LogP contribution in [-0.4, -0.2) is 19.8 Å². The number of para-hydroxylation sites is 1. The van der Waals surface area contributed by atoms with Gasteiger partial charge in [0.2, 0.25) is 0 Å². The van der Waals surface area contributed by atoms with E-state index < -0.39 is 0 Å². The molecule has 10 heavy (non-hydrogen) atoms. The number of phenolic OH excluding ortho intramolecular Hbond substituents is 1. The molecule has 1 rings (SSSR count). The minimum Gasteiger partial charge on any atom is -0.507 e. The molecule has 0 fully saturated rings. The highest BCUT2D eigenvalue weighted by Gasteiger charge is 1.93. The van der Waals surface area contributed by atoms with E-state index in [2.05, 4.69) is 0 Å². The van der Waals surface area contributed by atoms with E-state index in [9.17, 15) is 4.79 Å². The van der Waals surface area contributed by atoms with Crippen LogP contribution in [0.5, 0.6) is 5.75 Å². The number of hydrogen-bond acceptors (Lipinski definition) is 2. The molecular formula is C7H9BO2. The van der Waals surface area contributed by atoms with E-state index in [1.807, 2.05) is 0 Å². The molecule has 0 spiro atoms. The van der Waals surface area contributed by atoms with Gasteiger partial charge in [-0.2, -0.15) is 0 Å². The van der Waals surface area contributed by atoms with Gasteiger partial charge in [-0.25, -0.2) is 0 Å². The van der Waals surface area contributed by atoms with Crippen molar-refractivity contribution in [3.8, 4) is 5.75 Å². The Labute approximate surface area is 61.1 Å². The molecule has 52 valence electrons. The van der Waals surface area contributed by atoms with Gasteiger partial charge in [0.05, 0.1) is 14.0 Å². The molecule has 1 N–H and O–H groups in total. The van der Waals surface area contributed by atoms with Crippen LogP contribution in [-0.2, 0) is 0 Å². The molecule has 0 aliphatic heterocycles. The zero-order valence-electron chi connectivity index (χ0n) is 4.74. The predicted molar refractivity (Wildman–Crippen MR) is 43.4 cm³/mol. The number of hydrogen-bond donors (Lipinski definition) is 1. The lowest BCUT2D eigenvalue weighted by molar-refractivity contribution is 0.112. The molecule has 0 amide bonds. The smallest absolute Gasteiger partial charge is 0.153 e. The van der Waals surface area contributed by atoms with E-state index in [4.69, 9.17) is 5.11 Å². The Bertz CT molecular complexity index is 223. The molecule has 1 aromatic carbocycles. The first-order chi connectivity index (χ1) is 4.34. The monoisotopic (exact) mass is 136 g/mol. The fourth-order valence-electron chi connectivity index (χ4n) is 0.587. The molecule has 0 heterocycles. The van der Waals surface area contributed by atoms with Crippen molar-refractivity contribution in [1.82, 2.24) is 0 Å². The number of benzene rings is 1. The quantitative estimate of drug-likeness (QED) is 0.436. The third-order valence-corrected chi connectivity index (χ3v) is 1.06. The van der Waals surface area contributed by atoms with Crippen LogP contribution in [0.4, 0.5) is 0 Å². The lowest BCUT2D eigenvalue weighted by atomic mass is 10.2. The zero-order chi connectivity index (χ0) is 6.69. The molecule has 0 aliphatic carbocycles. The number of rotatable bonds is 1. The molecule has 0 unspecified atom stereocenters. The molecule has 0 saturated heterocycles. The first-order valence-corrected chi connectivity index (χ1v) is 2.58. The summed E-state index contributed by atoms with van der Waals surface area (Å²) in [6.45, 7) is 0. The normalized spacial score (nSPS) is 8.00. The molecule has 0 saturated carbocycles. The van der Waals surface area contributed by atoms with Crippen molar-refractivity contribution in [1.29, 1.82) is 0 Å². The fraction of sp³-hybridized carbons (Fsp3) is 0. The summed E-state index contributed by atoms with van der Waals surface area (Å²) in [6.07, 6.45) is 0.620. The summed E-state index contributed by atoms with van der Waals surface area (Å²) >= 11 is 0. The van der Waals surface area contributed by atoms with Crippen molar-refractivity contribution in [3.63, 3.8) is 0 Å². The molecule has 0 aliphatic rings. The first kappa shape index (κ1) is 8.75. The van der Waals surface area contributed by atoms with Gasteiger partial charge in [0.15, 0.2) is 6.29 Å². The van der Waals surface area contributed by atoms with Crippen LogP contribution in [0, 0.1) is 0 Å². The summed E-state index contributed by atoms with van der Waals surface area (Å²) in [5, 5.41) is 8.88. The van der Waals surface area contributed by atoms with Gasteiger partial charge in [0, 0.05) is 0 Å². The summed E-state index contributed by atoms with van der Waals surface area (Å²) in [5.74, 6) is 0.0347. The Balaban J connectivity index is 0.000000810.